The third-order valence-corrected chi connectivity index (χ3v) is 7.18. The van der Waals surface area contributed by atoms with E-state index in [1.165, 1.54) is 18.2 Å². The Morgan fingerprint density at radius 2 is 1.50 bits per heavy atom. The maximum Gasteiger partial charge on any atom is 0.308 e. The number of nitrogens with one attached hydrogen (secondary N) is 1. The van der Waals surface area contributed by atoms with Crippen LogP contribution in [-0.4, -0.2) is 49.0 Å². The molecule has 1 aromatic heterocycles. The zero-order chi connectivity index (χ0) is 27.4. The number of H-pyrrole nitrogens is 1. The highest BCUT2D eigenvalue weighted by Gasteiger charge is 2.42. The first-order chi connectivity index (χ1) is 18.0. The number of aromatic amines is 1. The summed E-state index contributed by atoms with van der Waals surface area (Å²) in [6.07, 6.45) is 0. The molecule has 0 saturated heterocycles. The van der Waals surface area contributed by atoms with Gasteiger partial charge in [0.25, 0.3) is 10.1 Å². The summed E-state index contributed by atoms with van der Waals surface area (Å²) in [4.78, 5) is 58.2. The maximum absolute atomic E-state index is 13.9. The Hall–Kier alpha value is -4.68. The Bertz CT molecular complexity index is 1790. The number of para-hydroxylation sites is 2. The highest BCUT2D eigenvalue weighted by atomic mass is 32.2. The molecule has 4 aromatic rings. The van der Waals surface area contributed by atoms with Crippen LogP contribution in [0.1, 0.15) is 45.7 Å². The lowest BCUT2D eigenvalue weighted by molar-refractivity contribution is -0.132. The van der Waals surface area contributed by atoms with Gasteiger partial charge in [-0.25, -0.2) is 4.98 Å². The van der Waals surface area contributed by atoms with Crippen molar-refractivity contribution >= 4 is 44.7 Å². The lowest BCUT2D eigenvalue weighted by Gasteiger charge is -2.24. The van der Waals surface area contributed by atoms with Crippen molar-refractivity contribution in [2.75, 3.05) is 7.11 Å². The smallest absolute Gasteiger partial charge is 0.308 e. The van der Waals surface area contributed by atoms with Crippen molar-refractivity contribution in [3.8, 4) is 22.9 Å². The normalized spacial score (nSPS) is 12.7. The summed E-state index contributed by atoms with van der Waals surface area (Å²) in [5.41, 5.74) is -0.622. The zero-order valence-corrected chi connectivity index (χ0v) is 21.0. The average Bonchev–Trinajstić information content (AvgIpc) is 3.30. The number of hydrogen-bond donors (Lipinski definition) is 1. The minimum Gasteiger partial charge on any atom is -0.426 e. The van der Waals surface area contributed by atoms with Crippen LogP contribution in [0.2, 0.25) is 0 Å². The van der Waals surface area contributed by atoms with Crippen LogP contribution in [0, 0.1) is 0 Å². The second-order valence-electron chi connectivity index (χ2n) is 8.25. The van der Waals surface area contributed by atoms with Crippen molar-refractivity contribution in [1.82, 2.24) is 9.97 Å². The Labute approximate surface area is 215 Å². The fraction of sp³-hybridized carbons (Fsp3) is 0.115. The molecule has 0 spiro atoms. The highest BCUT2D eigenvalue weighted by Crippen LogP contribution is 2.44. The molecule has 192 valence electrons. The first-order valence-corrected chi connectivity index (χ1v) is 12.5. The molecule has 0 fully saturated rings. The maximum atomic E-state index is 13.9. The van der Waals surface area contributed by atoms with E-state index in [1.54, 1.807) is 24.3 Å². The first kappa shape index (κ1) is 25.0. The van der Waals surface area contributed by atoms with Crippen molar-refractivity contribution in [2.24, 2.45) is 0 Å². The number of ether oxygens (including phenoxy) is 2. The summed E-state index contributed by atoms with van der Waals surface area (Å²) in [6, 6.07) is 12.0. The summed E-state index contributed by atoms with van der Waals surface area (Å²) < 4.78 is 41.8. The molecule has 0 aliphatic heterocycles. The van der Waals surface area contributed by atoms with Gasteiger partial charge in [-0.1, -0.05) is 24.3 Å². The van der Waals surface area contributed by atoms with Crippen molar-refractivity contribution in [2.45, 2.75) is 18.7 Å². The van der Waals surface area contributed by atoms with Gasteiger partial charge in [-0.2, -0.15) is 8.42 Å². The fourth-order valence-electron chi connectivity index (χ4n) is 4.37. The van der Waals surface area contributed by atoms with E-state index in [4.69, 9.17) is 13.7 Å². The molecule has 0 unspecified atom stereocenters. The summed E-state index contributed by atoms with van der Waals surface area (Å²) >= 11 is 0. The van der Waals surface area contributed by atoms with E-state index < -0.39 is 49.6 Å². The third kappa shape index (κ3) is 3.96. The molecule has 5 rings (SSSR count). The molecule has 3 aromatic carbocycles. The molecule has 12 heteroatoms. The molecular formula is C26H18N2O9S. The van der Waals surface area contributed by atoms with Gasteiger partial charge < -0.3 is 14.5 Å². The second kappa shape index (κ2) is 9.01. The Morgan fingerprint density at radius 3 is 2.16 bits per heavy atom. The molecule has 0 amide bonds. The highest BCUT2D eigenvalue weighted by molar-refractivity contribution is 7.87. The van der Waals surface area contributed by atoms with E-state index in [2.05, 4.69) is 9.97 Å². The number of imidazole rings is 1. The molecule has 0 atom stereocenters. The number of carbonyl (C=O) groups is 4. The summed E-state index contributed by atoms with van der Waals surface area (Å²) in [5.74, 6) is -3.89. The number of hydrogen-bond acceptors (Lipinski definition) is 10. The summed E-state index contributed by atoms with van der Waals surface area (Å²) in [7, 11) is -3.74. The summed E-state index contributed by atoms with van der Waals surface area (Å²) in [6.45, 7) is 2.20. The molecular weight excluding hydrogens is 516 g/mol. The standard InChI is InChI=1S/C26H18N2O9S/c1-12(29)36-18-10-6-7-14-20(18)24(32)21-19(37-13(2)30)11-15(25(22(21)23(14)31)38(33,34)35-3)26-27-16-8-4-5-9-17(16)28-26/h4-11H,1-3H3,(H,27,28). The van der Waals surface area contributed by atoms with Gasteiger partial charge in [0, 0.05) is 25.0 Å². The van der Waals surface area contributed by atoms with Crippen LogP contribution in [-0.2, 0) is 23.9 Å². The van der Waals surface area contributed by atoms with Crippen molar-refractivity contribution in [3.63, 3.8) is 0 Å². The van der Waals surface area contributed by atoms with Crippen molar-refractivity contribution in [3.05, 3.63) is 70.8 Å². The number of aromatic nitrogens is 2. The van der Waals surface area contributed by atoms with Crippen LogP contribution in [0.25, 0.3) is 22.4 Å². The first-order valence-electron chi connectivity index (χ1n) is 11.1. The number of nitrogens with zero attached hydrogens (tertiary/aromatic N) is 1. The lowest BCUT2D eigenvalue weighted by atomic mass is 9.82. The largest absolute Gasteiger partial charge is 0.426 e. The number of ketones is 2. The monoisotopic (exact) mass is 534 g/mol. The molecule has 1 aliphatic rings. The number of fused-ring (bicyclic) bond motifs is 3. The van der Waals surface area contributed by atoms with Gasteiger partial charge in [0.15, 0.2) is 5.78 Å². The van der Waals surface area contributed by atoms with Crippen LogP contribution in [0.15, 0.2) is 53.4 Å². The Balaban J connectivity index is 1.91. The molecule has 1 aliphatic carbocycles. The van der Waals surface area contributed by atoms with Gasteiger partial charge in [0.05, 0.1) is 34.8 Å². The van der Waals surface area contributed by atoms with Gasteiger partial charge in [0.1, 0.15) is 22.2 Å². The predicted molar refractivity (Wildman–Crippen MR) is 132 cm³/mol. The zero-order valence-electron chi connectivity index (χ0n) is 20.1. The number of carbonyl (C=O) groups excluding carboxylic acids is 4. The van der Waals surface area contributed by atoms with E-state index in [0.717, 1.165) is 27.0 Å². The molecule has 38 heavy (non-hydrogen) atoms. The molecule has 0 saturated carbocycles. The lowest BCUT2D eigenvalue weighted by Crippen LogP contribution is -2.27. The van der Waals surface area contributed by atoms with E-state index in [1.807, 2.05) is 0 Å². The molecule has 1 heterocycles. The molecule has 1 N–H and O–H groups in total. The van der Waals surface area contributed by atoms with Gasteiger partial charge in [-0.3, -0.25) is 23.4 Å². The molecule has 0 bridgehead atoms. The SMILES string of the molecule is COS(=O)(=O)c1c(-c2nc3ccccc3[nH]2)cc(OC(C)=O)c2c1C(=O)c1cccc(OC(C)=O)c1C2=O. The van der Waals surface area contributed by atoms with Crippen LogP contribution in [0.5, 0.6) is 11.5 Å². The predicted octanol–water partition coefficient (Wildman–Crippen LogP) is 3.19. The van der Waals surface area contributed by atoms with Gasteiger partial charge >= 0.3 is 11.9 Å². The van der Waals surface area contributed by atoms with Gasteiger partial charge in [-0.15, -0.1) is 0 Å². The van der Waals surface area contributed by atoms with E-state index in [9.17, 15) is 27.6 Å². The topological polar surface area (TPSA) is 159 Å². The van der Waals surface area contributed by atoms with Crippen LogP contribution >= 0.6 is 0 Å². The number of benzene rings is 3. The van der Waals surface area contributed by atoms with Gasteiger partial charge in [0.2, 0.25) is 5.78 Å². The Kier molecular flexibility index (Phi) is 5.93. The average molecular weight is 535 g/mol. The van der Waals surface area contributed by atoms with Crippen LogP contribution < -0.4 is 9.47 Å². The number of esters is 2. The van der Waals surface area contributed by atoms with Crippen molar-refractivity contribution in [1.29, 1.82) is 0 Å². The summed E-state index contributed by atoms with van der Waals surface area (Å²) in [5, 5.41) is 0. The van der Waals surface area contributed by atoms with Crippen LogP contribution in [0.3, 0.4) is 0 Å². The van der Waals surface area contributed by atoms with E-state index in [0.29, 0.717) is 11.0 Å². The van der Waals surface area contributed by atoms with E-state index >= 15 is 0 Å². The van der Waals surface area contributed by atoms with E-state index in [-0.39, 0.29) is 34.0 Å². The molecule has 11 nitrogen and oxygen atoms in total. The van der Waals surface area contributed by atoms with Crippen molar-refractivity contribution < 1.29 is 41.3 Å². The minimum atomic E-state index is -4.65. The third-order valence-electron chi connectivity index (χ3n) is 5.82. The molecule has 0 radical (unpaired) electrons. The fourth-order valence-corrected chi connectivity index (χ4v) is 5.41. The van der Waals surface area contributed by atoms with Gasteiger partial charge in [-0.05, 0) is 24.3 Å². The number of rotatable bonds is 5. The quantitative estimate of drug-likeness (QED) is 0.202. The van der Waals surface area contributed by atoms with Crippen LogP contribution in [0.4, 0.5) is 0 Å². The Morgan fingerprint density at radius 1 is 0.816 bits per heavy atom. The minimum absolute atomic E-state index is 0.0257. The second-order valence-corrected chi connectivity index (χ2v) is 9.90.